The zero-order chi connectivity index (χ0) is 19.2. The maximum atomic E-state index is 12.3. The van der Waals surface area contributed by atoms with Crippen LogP contribution < -0.4 is 10.1 Å². The Hall–Kier alpha value is -2.70. The van der Waals surface area contributed by atoms with Crippen molar-refractivity contribution in [3.63, 3.8) is 0 Å². The van der Waals surface area contributed by atoms with Crippen LogP contribution in [0.3, 0.4) is 0 Å². The van der Waals surface area contributed by atoms with E-state index in [0.29, 0.717) is 6.54 Å². The molecular formula is C21H23N3O2S. The van der Waals surface area contributed by atoms with Gasteiger partial charge in [0.25, 0.3) is 0 Å². The van der Waals surface area contributed by atoms with Gasteiger partial charge in [0.1, 0.15) is 10.8 Å². The number of likely N-dealkylation sites (N-methyl/N-ethyl adjacent to an activating group) is 1. The average Bonchev–Trinajstić information content (AvgIpc) is 3.09. The summed E-state index contributed by atoms with van der Waals surface area (Å²) in [6.45, 7) is 0.483. The lowest BCUT2D eigenvalue weighted by atomic mass is 10.0. The Morgan fingerprint density at radius 2 is 1.96 bits per heavy atom. The van der Waals surface area contributed by atoms with Crippen molar-refractivity contribution in [2.75, 3.05) is 27.7 Å². The van der Waals surface area contributed by atoms with E-state index in [0.717, 1.165) is 26.5 Å². The molecule has 0 aliphatic heterocycles. The standard InChI is InChI=1S/C21H23N3O2S/c1-24(2)17(15-8-4-6-10-18(15)26-3)14-22-20(25)12-13-21-23-16-9-5-7-11-19(16)27-21/h4-13,17H,14H2,1-3H3,(H,22,25)/b13-12+/t17-/m0/s1. The van der Waals surface area contributed by atoms with Gasteiger partial charge in [0, 0.05) is 18.2 Å². The van der Waals surface area contributed by atoms with E-state index in [2.05, 4.69) is 15.2 Å². The van der Waals surface area contributed by atoms with Gasteiger partial charge in [-0.15, -0.1) is 11.3 Å². The minimum Gasteiger partial charge on any atom is -0.496 e. The van der Waals surface area contributed by atoms with Crippen molar-refractivity contribution in [1.82, 2.24) is 15.2 Å². The van der Waals surface area contributed by atoms with Gasteiger partial charge in [-0.05, 0) is 38.4 Å². The van der Waals surface area contributed by atoms with E-state index in [1.807, 2.05) is 62.6 Å². The highest BCUT2D eigenvalue weighted by Crippen LogP contribution is 2.27. The highest BCUT2D eigenvalue weighted by atomic mass is 32.1. The normalized spacial score (nSPS) is 12.6. The Morgan fingerprint density at radius 3 is 2.70 bits per heavy atom. The van der Waals surface area contributed by atoms with Crippen molar-refractivity contribution in [2.45, 2.75) is 6.04 Å². The van der Waals surface area contributed by atoms with Gasteiger partial charge in [-0.2, -0.15) is 0 Å². The third-order valence-corrected chi connectivity index (χ3v) is 5.28. The number of aromatic nitrogens is 1. The largest absolute Gasteiger partial charge is 0.496 e. The molecule has 0 spiro atoms. The van der Waals surface area contributed by atoms with Crippen LogP contribution in [0.5, 0.6) is 5.75 Å². The first-order valence-corrected chi connectivity index (χ1v) is 9.51. The molecule has 1 atom stereocenters. The number of para-hydroxylation sites is 2. The number of fused-ring (bicyclic) bond motifs is 1. The van der Waals surface area contributed by atoms with Gasteiger partial charge < -0.3 is 15.0 Å². The van der Waals surface area contributed by atoms with Gasteiger partial charge in [-0.25, -0.2) is 4.98 Å². The third kappa shape index (κ3) is 4.72. The van der Waals surface area contributed by atoms with Crippen molar-refractivity contribution in [1.29, 1.82) is 0 Å². The molecule has 0 radical (unpaired) electrons. The smallest absolute Gasteiger partial charge is 0.244 e. The van der Waals surface area contributed by atoms with Crippen LogP contribution in [0.4, 0.5) is 0 Å². The Morgan fingerprint density at radius 1 is 1.22 bits per heavy atom. The summed E-state index contributed by atoms with van der Waals surface area (Å²) in [5, 5.41) is 3.79. The number of carbonyl (C=O) groups is 1. The molecule has 0 saturated carbocycles. The highest BCUT2D eigenvalue weighted by molar-refractivity contribution is 7.19. The molecule has 1 amide bonds. The molecule has 1 N–H and O–H groups in total. The Bertz CT molecular complexity index is 916. The van der Waals surface area contributed by atoms with Crippen LogP contribution in [0.15, 0.2) is 54.6 Å². The van der Waals surface area contributed by atoms with Gasteiger partial charge in [0.2, 0.25) is 5.91 Å². The van der Waals surface area contributed by atoms with Crippen LogP contribution >= 0.6 is 11.3 Å². The third-order valence-electron chi connectivity index (χ3n) is 4.28. The number of amides is 1. The Kier molecular flexibility index (Phi) is 6.21. The second-order valence-corrected chi connectivity index (χ2v) is 7.38. The van der Waals surface area contributed by atoms with Crippen LogP contribution in [0.2, 0.25) is 0 Å². The molecule has 3 rings (SSSR count). The van der Waals surface area contributed by atoms with Crippen LogP contribution in [0.25, 0.3) is 16.3 Å². The van der Waals surface area contributed by atoms with E-state index in [4.69, 9.17) is 4.74 Å². The number of rotatable bonds is 7. The van der Waals surface area contributed by atoms with Gasteiger partial charge in [-0.3, -0.25) is 4.79 Å². The maximum Gasteiger partial charge on any atom is 0.244 e. The predicted molar refractivity (Wildman–Crippen MR) is 111 cm³/mol. The number of carbonyl (C=O) groups excluding carboxylic acids is 1. The molecule has 0 saturated heterocycles. The van der Waals surface area contributed by atoms with Crippen molar-refractivity contribution in [3.8, 4) is 5.75 Å². The molecule has 0 fully saturated rings. The lowest BCUT2D eigenvalue weighted by Crippen LogP contribution is -2.33. The lowest BCUT2D eigenvalue weighted by Gasteiger charge is -2.26. The zero-order valence-electron chi connectivity index (χ0n) is 15.7. The summed E-state index contributed by atoms with van der Waals surface area (Å²) in [6.07, 6.45) is 3.29. The van der Waals surface area contributed by atoms with Crippen LogP contribution in [-0.2, 0) is 4.79 Å². The topological polar surface area (TPSA) is 54.5 Å². The van der Waals surface area contributed by atoms with Crippen molar-refractivity contribution in [2.24, 2.45) is 0 Å². The molecule has 27 heavy (non-hydrogen) atoms. The summed E-state index contributed by atoms with van der Waals surface area (Å²) in [4.78, 5) is 18.8. The SMILES string of the molecule is COc1ccccc1[C@H](CNC(=O)/C=C/c1nc2ccccc2s1)N(C)C. The summed E-state index contributed by atoms with van der Waals surface area (Å²) < 4.78 is 6.57. The Balaban J connectivity index is 1.65. The molecule has 0 aliphatic rings. The summed E-state index contributed by atoms with van der Waals surface area (Å²) in [5.74, 6) is 0.673. The molecule has 0 aliphatic carbocycles. The first kappa shape index (κ1) is 19.1. The lowest BCUT2D eigenvalue weighted by molar-refractivity contribution is -0.116. The molecule has 140 valence electrons. The summed E-state index contributed by atoms with van der Waals surface area (Å²) >= 11 is 1.57. The average molecular weight is 382 g/mol. The fourth-order valence-electron chi connectivity index (χ4n) is 2.88. The molecule has 6 heteroatoms. The molecule has 3 aromatic rings. The maximum absolute atomic E-state index is 12.3. The highest BCUT2D eigenvalue weighted by Gasteiger charge is 2.18. The van der Waals surface area contributed by atoms with E-state index in [1.54, 1.807) is 24.5 Å². The van der Waals surface area contributed by atoms with Crippen LogP contribution in [-0.4, -0.2) is 43.5 Å². The molecule has 1 aromatic heterocycles. The molecular weight excluding hydrogens is 358 g/mol. The molecule has 2 aromatic carbocycles. The molecule has 0 bridgehead atoms. The van der Waals surface area contributed by atoms with Gasteiger partial charge in [-0.1, -0.05) is 30.3 Å². The number of nitrogens with one attached hydrogen (secondary N) is 1. The number of hydrogen-bond acceptors (Lipinski definition) is 5. The molecule has 1 heterocycles. The second kappa shape index (κ2) is 8.79. The minimum atomic E-state index is -0.143. The monoisotopic (exact) mass is 381 g/mol. The fraction of sp³-hybridized carbons (Fsp3) is 0.238. The first-order valence-electron chi connectivity index (χ1n) is 8.69. The number of hydrogen-bond donors (Lipinski definition) is 1. The first-order chi connectivity index (χ1) is 13.1. The van der Waals surface area contributed by atoms with E-state index < -0.39 is 0 Å². The van der Waals surface area contributed by atoms with Gasteiger partial charge >= 0.3 is 0 Å². The van der Waals surface area contributed by atoms with Crippen molar-refractivity contribution >= 4 is 33.5 Å². The number of thiazole rings is 1. The summed E-state index contributed by atoms with van der Waals surface area (Å²) in [5.41, 5.74) is 1.99. The van der Waals surface area contributed by atoms with E-state index in [-0.39, 0.29) is 11.9 Å². The predicted octanol–water partition coefficient (Wildman–Crippen LogP) is 3.74. The van der Waals surface area contributed by atoms with E-state index in [9.17, 15) is 4.79 Å². The molecule has 5 nitrogen and oxygen atoms in total. The van der Waals surface area contributed by atoms with Crippen LogP contribution in [0, 0.1) is 0 Å². The van der Waals surface area contributed by atoms with E-state index >= 15 is 0 Å². The number of benzene rings is 2. The zero-order valence-corrected chi connectivity index (χ0v) is 16.5. The fourth-order valence-corrected chi connectivity index (χ4v) is 3.75. The number of methoxy groups -OCH3 is 1. The summed E-state index contributed by atoms with van der Waals surface area (Å²) in [6, 6.07) is 15.8. The Labute approximate surface area is 163 Å². The van der Waals surface area contributed by atoms with Crippen LogP contribution in [0.1, 0.15) is 16.6 Å². The van der Waals surface area contributed by atoms with Gasteiger partial charge in [0.05, 0.1) is 23.4 Å². The van der Waals surface area contributed by atoms with Gasteiger partial charge in [0.15, 0.2) is 0 Å². The van der Waals surface area contributed by atoms with E-state index in [1.165, 1.54) is 6.08 Å². The number of nitrogens with zero attached hydrogens (tertiary/aromatic N) is 2. The molecule has 0 unspecified atom stereocenters. The minimum absolute atomic E-state index is 0.0148. The second-order valence-electron chi connectivity index (χ2n) is 6.32. The summed E-state index contributed by atoms with van der Waals surface area (Å²) in [7, 11) is 5.63. The van der Waals surface area contributed by atoms with Crippen molar-refractivity contribution in [3.05, 3.63) is 65.2 Å². The van der Waals surface area contributed by atoms with Crippen molar-refractivity contribution < 1.29 is 9.53 Å². The quantitative estimate of drug-likeness (QED) is 0.634. The number of ether oxygens (including phenoxy) is 1.